The molecule has 34 heavy (non-hydrogen) atoms. The van der Waals surface area contributed by atoms with Crippen LogP contribution in [0, 0.1) is 11.3 Å². The van der Waals surface area contributed by atoms with Gasteiger partial charge in [0.15, 0.2) is 9.84 Å². The Kier molecular flexibility index (Phi) is 6.57. The number of aryl methyl sites for hydroxylation is 1. The minimum atomic E-state index is -3.71. The van der Waals surface area contributed by atoms with Crippen LogP contribution in [0.2, 0.25) is 0 Å². The van der Waals surface area contributed by atoms with Gasteiger partial charge in [-0.1, -0.05) is 18.2 Å². The molecule has 0 aliphatic rings. The van der Waals surface area contributed by atoms with Crippen molar-refractivity contribution >= 4 is 26.7 Å². The predicted octanol–water partition coefficient (Wildman–Crippen LogP) is 4.70. The monoisotopic (exact) mass is 472 g/mol. The number of ether oxygens (including phenoxy) is 2. The summed E-state index contributed by atoms with van der Waals surface area (Å²) >= 11 is 0. The summed E-state index contributed by atoms with van der Waals surface area (Å²) in [5.74, 6) is -0.321. The van der Waals surface area contributed by atoms with Crippen molar-refractivity contribution < 1.29 is 22.7 Å². The summed E-state index contributed by atoms with van der Waals surface area (Å²) in [5.41, 5.74) is 2.13. The Morgan fingerprint density at radius 2 is 1.79 bits per heavy atom. The first-order chi connectivity index (χ1) is 16.4. The largest absolute Gasteiger partial charge is 0.465 e. The zero-order chi connectivity index (χ0) is 24.1. The van der Waals surface area contributed by atoms with Gasteiger partial charge < -0.3 is 9.47 Å². The number of hydrogen-bond acceptors (Lipinski definition) is 7. The Labute approximate surface area is 197 Å². The molecule has 0 aliphatic heterocycles. The molecule has 0 radical (unpaired) electrons. The lowest BCUT2D eigenvalue weighted by atomic mass is 10.1. The van der Waals surface area contributed by atoms with Gasteiger partial charge >= 0.3 is 5.97 Å². The molecule has 3 aromatic carbocycles. The van der Waals surface area contributed by atoms with Gasteiger partial charge in [0, 0.05) is 11.6 Å². The van der Waals surface area contributed by atoms with Crippen LogP contribution in [0.4, 0.5) is 0 Å². The molecule has 0 saturated heterocycles. The van der Waals surface area contributed by atoms with Crippen LogP contribution in [0.1, 0.15) is 21.5 Å². The van der Waals surface area contributed by atoms with Crippen LogP contribution < -0.4 is 4.74 Å². The van der Waals surface area contributed by atoms with E-state index >= 15 is 0 Å². The third-order valence-corrected chi connectivity index (χ3v) is 7.02. The summed E-state index contributed by atoms with van der Waals surface area (Å²) < 4.78 is 36.8. The molecule has 7 nitrogen and oxygen atoms in total. The molecule has 4 rings (SSSR count). The second-order valence-corrected chi connectivity index (χ2v) is 9.55. The summed E-state index contributed by atoms with van der Waals surface area (Å²) in [5, 5.41) is 9.83. The van der Waals surface area contributed by atoms with Gasteiger partial charge in [-0.25, -0.2) is 13.2 Å². The standard InChI is InChI=1S/C26H20N2O5S/c1-32-26(29)23-16-21(10-11-25(23)33-20-8-6-18(17-27)7-9-20)34(30,31)15-13-19-12-14-28-24-5-3-2-4-22(19)24/h2-12,14,16H,13,15H2,1H3. The molecule has 0 fully saturated rings. The van der Waals surface area contributed by atoms with Crippen molar-refractivity contribution in [2.45, 2.75) is 11.3 Å². The molecule has 8 heteroatoms. The minimum Gasteiger partial charge on any atom is -0.465 e. The van der Waals surface area contributed by atoms with Crippen molar-refractivity contribution in [2.75, 3.05) is 12.9 Å². The highest BCUT2D eigenvalue weighted by atomic mass is 32.2. The number of carbonyl (C=O) groups is 1. The number of esters is 1. The van der Waals surface area contributed by atoms with E-state index in [1.165, 1.54) is 25.3 Å². The lowest BCUT2D eigenvalue weighted by Gasteiger charge is -2.13. The zero-order valence-electron chi connectivity index (χ0n) is 18.3. The van der Waals surface area contributed by atoms with E-state index in [0.29, 0.717) is 17.7 Å². The third kappa shape index (κ3) is 4.90. The van der Waals surface area contributed by atoms with E-state index in [-0.39, 0.29) is 22.0 Å². The quantitative estimate of drug-likeness (QED) is 0.359. The predicted molar refractivity (Wildman–Crippen MR) is 127 cm³/mol. The number of aromatic nitrogens is 1. The second-order valence-electron chi connectivity index (χ2n) is 7.44. The molecule has 0 saturated carbocycles. The van der Waals surface area contributed by atoms with Crippen molar-refractivity contribution in [1.29, 1.82) is 5.26 Å². The zero-order valence-corrected chi connectivity index (χ0v) is 19.1. The summed E-state index contributed by atoms with van der Waals surface area (Å²) in [6, 6.07) is 21.8. The van der Waals surface area contributed by atoms with E-state index in [2.05, 4.69) is 4.98 Å². The molecule has 0 N–H and O–H groups in total. The first-order valence-electron chi connectivity index (χ1n) is 10.4. The third-order valence-electron chi connectivity index (χ3n) is 5.31. The number of fused-ring (bicyclic) bond motifs is 1. The number of rotatable bonds is 7. The van der Waals surface area contributed by atoms with E-state index < -0.39 is 15.8 Å². The van der Waals surface area contributed by atoms with Crippen LogP contribution in [0.25, 0.3) is 10.9 Å². The lowest BCUT2D eigenvalue weighted by Crippen LogP contribution is -2.12. The van der Waals surface area contributed by atoms with E-state index in [1.807, 2.05) is 36.4 Å². The molecule has 1 aromatic heterocycles. The van der Waals surface area contributed by atoms with Crippen molar-refractivity contribution in [3.63, 3.8) is 0 Å². The summed E-state index contributed by atoms with van der Waals surface area (Å²) in [6.45, 7) is 0. The molecule has 0 amide bonds. The summed E-state index contributed by atoms with van der Waals surface area (Å²) in [4.78, 5) is 16.7. The van der Waals surface area contributed by atoms with Crippen LogP contribution in [0.15, 0.2) is 83.9 Å². The average Bonchev–Trinajstić information content (AvgIpc) is 2.87. The Morgan fingerprint density at radius 3 is 2.53 bits per heavy atom. The van der Waals surface area contributed by atoms with Crippen LogP contribution in [-0.2, 0) is 21.0 Å². The average molecular weight is 473 g/mol. The van der Waals surface area contributed by atoms with Gasteiger partial charge in [0.2, 0.25) is 0 Å². The van der Waals surface area contributed by atoms with Gasteiger partial charge in [0.1, 0.15) is 17.1 Å². The Morgan fingerprint density at radius 1 is 1.03 bits per heavy atom. The number of hydrogen-bond donors (Lipinski definition) is 0. The highest BCUT2D eigenvalue weighted by molar-refractivity contribution is 7.91. The van der Waals surface area contributed by atoms with Gasteiger partial charge in [0.25, 0.3) is 0 Å². The number of pyridine rings is 1. The van der Waals surface area contributed by atoms with Crippen LogP contribution >= 0.6 is 0 Å². The minimum absolute atomic E-state index is 0.00144. The maximum Gasteiger partial charge on any atom is 0.341 e. The van der Waals surface area contributed by atoms with Crippen LogP contribution in [0.5, 0.6) is 11.5 Å². The van der Waals surface area contributed by atoms with E-state index in [1.54, 1.807) is 30.5 Å². The molecule has 0 spiro atoms. The van der Waals surface area contributed by atoms with Crippen LogP contribution in [0.3, 0.4) is 0 Å². The SMILES string of the molecule is COC(=O)c1cc(S(=O)(=O)CCc2ccnc3ccccc23)ccc1Oc1ccc(C#N)cc1. The van der Waals surface area contributed by atoms with Crippen molar-refractivity contribution in [1.82, 2.24) is 4.98 Å². The summed E-state index contributed by atoms with van der Waals surface area (Å²) in [6.07, 6.45) is 1.96. The Balaban J connectivity index is 1.61. The molecular weight excluding hydrogens is 452 g/mol. The fraction of sp³-hybridized carbons (Fsp3) is 0.115. The summed E-state index contributed by atoms with van der Waals surface area (Å²) in [7, 11) is -2.50. The number of methoxy groups -OCH3 is 1. The molecule has 4 aromatic rings. The topological polar surface area (TPSA) is 106 Å². The molecule has 0 atom stereocenters. The Bertz CT molecular complexity index is 1500. The maximum absolute atomic E-state index is 13.1. The number of para-hydroxylation sites is 1. The van der Waals surface area contributed by atoms with Gasteiger partial charge in [-0.05, 0) is 66.6 Å². The van der Waals surface area contributed by atoms with Gasteiger partial charge in [-0.2, -0.15) is 5.26 Å². The van der Waals surface area contributed by atoms with E-state index in [0.717, 1.165) is 16.5 Å². The first kappa shape index (κ1) is 23.0. The smallest absolute Gasteiger partial charge is 0.341 e. The molecule has 0 bridgehead atoms. The van der Waals surface area contributed by atoms with Crippen LogP contribution in [-0.4, -0.2) is 32.2 Å². The van der Waals surface area contributed by atoms with E-state index in [9.17, 15) is 13.2 Å². The number of nitriles is 1. The lowest BCUT2D eigenvalue weighted by molar-refractivity contribution is 0.0597. The fourth-order valence-electron chi connectivity index (χ4n) is 3.52. The van der Waals surface area contributed by atoms with Gasteiger partial charge in [-0.3, -0.25) is 4.98 Å². The van der Waals surface area contributed by atoms with E-state index in [4.69, 9.17) is 14.7 Å². The molecule has 1 heterocycles. The highest BCUT2D eigenvalue weighted by Crippen LogP contribution is 2.29. The fourth-order valence-corrected chi connectivity index (χ4v) is 4.82. The van der Waals surface area contributed by atoms with Crippen molar-refractivity contribution in [3.05, 3.63) is 95.7 Å². The van der Waals surface area contributed by atoms with Crippen molar-refractivity contribution in [3.8, 4) is 17.6 Å². The second kappa shape index (κ2) is 9.73. The number of nitrogens with zero attached hydrogens (tertiary/aromatic N) is 2. The first-order valence-corrected chi connectivity index (χ1v) is 12.0. The Hall–Kier alpha value is -4.22. The number of benzene rings is 3. The molecule has 0 unspecified atom stereocenters. The van der Waals surface area contributed by atoms with Gasteiger partial charge in [-0.15, -0.1) is 0 Å². The maximum atomic E-state index is 13.1. The number of sulfone groups is 1. The molecular formula is C26H20N2O5S. The van der Waals surface area contributed by atoms with Gasteiger partial charge in [0.05, 0.1) is 34.9 Å². The van der Waals surface area contributed by atoms with Crippen molar-refractivity contribution in [2.24, 2.45) is 0 Å². The normalized spacial score (nSPS) is 11.1. The molecule has 170 valence electrons. The molecule has 0 aliphatic carbocycles. The highest BCUT2D eigenvalue weighted by Gasteiger charge is 2.21. The number of carbonyl (C=O) groups excluding carboxylic acids is 1.